The van der Waals surface area contributed by atoms with Crippen LogP contribution in [0, 0.1) is 23.7 Å². The van der Waals surface area contributed by atoms with Crippen LogP contribution in [0.15, 0.2) is 48.5 Å². The average molecular weight is 484 g/mol. The molecule has 0 aliphatic carbocycles. The van der Waals surface area contributed by atoms with Gasteiger partial charge in [0.2, 0.25) is 0 Å². The molecule has 2 aliphatic rings. The Kier molecular flexibility index (Phi) is 8.21. The van der Waals surface area contributed by atoms with Crippen molar-refractivity contribution in [1.29, 1.82) is 0 Å². The van der Waals surface area contributed by atoms with Crippen LogP contribution in [-0.2, 0) is 9.53 Å². The molecule has 34 heavy (non-hydrogen) atoms. The molecular formula is C29H38ClNO3. The van der Waals surface area contributed by atoms with Crippen molar-refractivity contribution in [2.45, 2.75) is 52.6 Å². The minimum Gasteiger partial charge on any atom is -0.484 e. The first-order valence-corrected chi connectivity index (χ1v) is 13.1. The molecule has 0 N–H and O–H groups in total. The number of amides is 1. The van der Waals surface area contributed by atoms with Crippen LogP contribution in [0.4, 0.5) is 0 Å². The molecular weight excluding hydrogens is 446 g/mol. The maximum Gasteiger partial charge on any atom is 0.260 e. The standard InChI is InChI=1S/C29H38ClNO3/c1-19(2)26-14-23(25-10-5-6-11-27(25)30)17-34-29(26)22-8-7-9-24(13-22)33-18-28(32)31-15-20(3)12-21(4)16-31/h5-11,13,19-21,23,26,29H,12,14-18H2,1-4H3/t20-,21+,23-,26-,29-/m0/s1. The Morgan fingerprint density at radius 2 is 1.82 bits per heavy atom. The third kappa shape index (κ3) is 5.95. The minimum atomic E-state index is 0.00165. The van der Waals surface area contributed by atoms with E-state index in [1.807, 2.05) is 41.3 Å². The fraction of sp³-hybridized carbons (Fsp3) is 0.552. The van der Waals surface area contributed by atoms with Crippen LogP contribution in [0.5, 0.6) is 5.75 Å². The van der Waals surface area contributed by atoms with E-state index in [2.05, 4.69) is 39.8 Å². The monoisotopic (exact) mass is 483 g/mol. The molecule has 2 fully saturated rings. The molecule has 2 heterocycles. The van der Waals surface area contributed by atoms with Gasteiger partial charge in [-0.25, -0.2) is 0 Å². The Morgan fingerprint density at radius 3 is 2.53 bits per heavy atom. The van der Waals surface area contributed by atoms with Gasteiger partial charge in [-0.1, -0.05) is 69.6 Å². The lowest BCUT2D eigenvalue weighted by Crippen LogP contribution is -2.44. The fourth-order valence-corrected chi connectivity index (χ4v) is 6.03. The van der Waals surface area contributed by atoms with E-state index in [9.17, 15) is 4.79 Å². The van der Waals surface area contributed by atoms with Crippen LogP contribution in [0.25, 0.3) is 0 Å². The molecule has 2 aromatic rings. The smallest absolute Gasteiger partial charge is 0.260 e. The largest absolute Gasteiger partial charge is 0.484 e. The van der Waals surface area contributed by atoms with Gasteiger partial charge in [-0.3, -0.25) is 4.79 Å². The van der Waals surface area contributed by atoms with Gasteiger partial charge in [-0.05, 0) is 65.8 Å². The van der Waals surface area contributed by atoms with E-state index in [0.29, 0.717) is 36.2 Å². The van der Waals surface area contributed by atoms with Crippen LogP contribution in [0.2, 0.25) is 5.02 Å². The van der Waals surface area contributed by atoms with Gasteiger partial charge in [0.1, 0.15) is 5.75 Å². The van der Waals surface area contributed by atoms with Gasteiger partial charge in [0.25, 0.3) is 5.91 Å². The van der Waals surface area contributed by atoms with Crippen molar-refractivity contribution in [3.63, 3.8) is 0 Å². The van der Waals surface area contributed by atoms with Gasteiger partial charge in [-0.15, -0.1) is 0 Å². The van der Waals surface area contributed by atoms with Gasteiger partial charge < -0.3 is 14.4 Å². The first-order chi connectivity index (χ1) is 16.3. The third-order valence-electron chi connectivity index (χ3n) is 7.39. The zero-order chi connectivity index (χ0) is 24.2. The van der Waals surface area contributed by atoms with Crippen molar-refractivity contribution in [2.75, 3.05) is 26.3 Å². The Labute approximate surface area is 209 Å². The number of nitrogens with zero attached hydrogens (tertiary/aromatic N) is 1. The molecule has 184 valence electrons. The van der Waals surface area contributed by atoms with Crippen molar-refractivity contribution in [3.05, 3.63) is 64.7 Å². The number of benzene rings is 2. The number of hydrogen-bond donors (Lipinski definition) is 0. The summed E-state index contributed by atoms with van der Waals surface area (Å²) in [4.78, 5) is 14.7. The molecule has 2 saturated heterocycles. The lowest BCUT2D eigenvalue weighted by molar-refractivity contribution is -0.136. The Balaban J connectivity index is 1.42. The summed E-state index contributed by atoms with van der Waals surface area (Å²) in [6, 6.07) is 16.2. The lowest BCUT2D eigenvalue weighted by Gasteiger charge is -2.39. The number of rotatable bonds is 6. The molecule has 2 aromatic carbocycles. The highest BCUT2D eigenvalue weighted by molar-refractivity contribution is 6.31. The molecule has 4 rings (SSSR count). The molecule has 0 aromatic heterocycles. The van der Waals surface area contributed by atoms with Crippen LogP contribution in [0.1, 0.15) is 63.7 Å². The zero-order valence-electron chi connectivity index (χ0n) is 20.9. The summed E-state index contributed by atoms with van der Waals surface area (Å²) >= 11 is 6.49. The molecule has 5 heteroatoms. The van der Waals surface area contributed by atoms with E-state index >= 15 is 0 Å². The number of piperidine rings is 1. The summed E-state index contributed by atoms with van der Waals surface area (Å²) < 4.78 is 12.4. The van der Waals surface area contributed by atoms with Crippen molar-refractivity contribution in [1.82, 2.24) is 4.90 Å². The van der Waals surface area contributed by atoms with Crippen molar-refractivity contribution < 1.29 is 14.3 Å². The highest BCUT2D eigenvalue weighted by Gasteiger charge is 2.35. The fourth-order valence-electron chi connectivity index (χ4n) is 5.74. The molecule has 0 radical (unpaired) electrons. The predicted octanol–water partition coefficient (Wildman–Crippen LogP) is 6.74. The number of hydrogen-bond acceptors (Lipinski definition) is 3. The number of halogens is 1. The van der Waals surface area contributed by atoms with E-state index in [-0.39, 0.29) is 18.6 Å². The normalized spacial score (nSPS) is 27.6. The van der Waals surface area contributed by atoms with Crippen LogP contribution >= 0.6 is 11.6 Å². The minimum absolute atomic E-state index is 0.00165. The van der Waals surface area contributed by atoms with E-state index < -0.39 is 0 Å². The predicted molar refractivity (Wildman–Crippen MR) is 137 cm³/mol. The van der Waals surface area contributed by atoms with Gasteiger partial charge in [0.15, 0.2) is 6.61 Å². The maximum absolute atomic E-state index is 12.8. The van der Waals surface area contributed by atoms with E-state index in [0.717, 1.165) is 35.8 Å². The molecule has 0 unspecified atom stereocenters. The molecule has 0 spiro atoms. The molecule has 2 aliphatic heterocycles. The second-order valence-electron chi connectivity index (χ2n) is 10.7. The zero-order valence-corrected chi connectivity index (χ0v) is 21.6. The van der Waals surface area contributed by atoms with Crippen molar-refractivity contribution >= 4 is 17.5 Å². The van der Waals surface area contributed by atoms with Gasteiger partial charge >= 0.3 is 0 Å². The number of ether oxygens (including phenoxy) is 2. The molecule has 0 bridgehead atoms. The first-order valence-electron chi connectivity index (χ1n) is 12.7. The van der Waals surface area contributed by atoms with Crippen LogP contribution < -0.4 is 4.74 Å². The molecule has 5 atom stereocenters. The highest BCUT2D eigenvalue weighted by atomic mass is 35.5. The summed E-state index contributed by atoms with van der Waals surface area (Å²) in [7, 11) is 0. The van der Waals surface area contributed by atoms with Gasteiger partial charge in [0.05, 0.1) is 12.7 Å². The summed E-state index contributed by atoms with van der Waals surface area (Å²) in [6.07, 6.45) is 2.21. The Morgan fingerprint density at radius 1 is 1.09 bits per heavy atom. The summed E-state index contributed by atoms with van der Waals surface area (Å²) in [5, 5.41) is 0.814. The Bertz CT molecular complexity index is 967. The van der Waals surface area contributed by atoms with E-state index in [1.165, 1.54) is 12.0 Å². The van der Waals surface area contributed by atoms with Gasteiger partial charge in [0, 0.05) is 24.0 Å². The molecule has 0 saturated carbocycles. The number of carbonyl (C=O) groups excluding carboxylic acids is 1. The van der Waals surface area contributed by atoms with Gasteiger partial charge in [-0.2, -0.15) is 0 Å². The summed E-state index contributed by atoms with van der Waals surface area (Å²) in [5.41, 5.74) is 2.28. The van der Waals surface area contributed by atoms with Crippen LogP contribution in [-0.4, -0.2) is 37.1 Å². The number of likely N-dealkylation sites (tertiary alicyclic amines) is 1. The van der Waals surface area contributed by atoms with E-state index in [4.69, 9.17) is 21.1 Å². The first kappa shape index (κ1) is 25.1. The quantitative estimate of drug-likeness (QED) is 0.456. The summed E-state index contributed by atoms with van der Waals surface area (Å²) in [5.74, 6) is 3.00. The van der Waals surface area contributed by atoms with Crippen molar-refractivity contribution in [3.8, 4) is 5.75 Å². The second-order valence-corrected chi connectivity index (χ2v) is 11.1. The SMILES string of the molecule is CC(C)[C@@H]1C[C@H](c2ccccc2Cl)CO[C@H]1c1cccc(OCC(=O)N2C[C@H](C)C[C@H](C)C2)c1. The van der Waals surface area contributed by atoms with Crippen LogP contribution in [0.3, 0.4) is 0 Å². The Hall–Kier alpha value is -2.04. The third-order valence-corrected chi connectivity index (χ3v) is 7.74. The average Bonchev–Trinajstić information content (AvgIpc) is 2.82. The molecule has 1 amide bonds. The second kappa shape index (κ2) is 11.1. The summed E-state index contributed by atoms with van der Waals surface area (Å²) in [6.45, 7) is 11.3. The van der Waals surface area contributed by atoms with E-state index in [1.54, 1.807) is 0 Å². The number of carbonyl (C=O) groups is 1. The highest BCUT2D eigenvalue weighted by Crippen LogP contribution is 2.45. The topological polar surface area (TPSA) is 38.8 Å². The molecule has 4 nitrogen and oxygen atoms in total. The lowest BCUT2D eigenvalue weighted by atomic mass is 9.76. The van der Waals surface area contributed by atoms with Crippen molar-refractivity contribution in [2.24, 2.45) is 23.7 Å². The maximum atomic E-state index is 12.8.